The molecule has 1 nitrogen and oxygen atoms in total. The van der Waals surface area contributed by atoms with Crippen molar-refractivity contribution >= 4 is 11.3 Å². The van der Waals surface area contributed by atoms with Gasteiger partial charge in [0.25, 0.3) is 0 Å². The summed E-state index contributed by atoms with van der Waals surface area (Å²) in [4.78, 5) is 2.85. The molecule has 1 aromatic carbocycles. The monoisotopic (exact) mass is 259 g/mol. The fourth-order valence-electron chi connectivity index (χ4n) is 2.20. The highest BCUT2D eigenvalue weighted by Gasteiger charge is 2.02. The first kappa shape index (κ1) is 13.3. The van der Waals surface area contributed by atoms with Gasteiger partial charge in [-0.1, -0.05) is 24.3 Å². The summed E-state index contributed by atoms with van der Waals surface area (Å²) in [6.07, 6.45) is 1.11. The van der Waals surface area contributed by atoms with Crippen LogP contribution in [-0.2, 0) is 13.0 Å². The van der Waals surface area contributed by atoms with E-state index in [2.05, 4.69) is 56.4 Å². The summed E-state index contributed by atoms with van der Waals surface area (Å²) in [6, 6.07) is 10.9. The fraction of sp³-hybridized carbons (Fsp3) is 0.375. The van der Waals surface area contributed by atoms with Gasteiger partial charge >= 0.3 is 0 Å². The van der Waals surface area contributed by atoms with Crippen molar-refractivity contribution in [2.45, 2.75) is 33.7 Å². The largest absolute Gasteiger partial charge is 0.312 e. The number of benzene rings is 1. The van der Waals surface area contributed by atoms with Gasteiger partial charge < -0.3 is 5.32 Å². The van der Waals surface area contributed by atoms with Gasteiger partial charge in [-0.25, -0.2) is 0 Å². The molecule has 1 N–H and O–H groups in total. The predicted octanol–water partition coefficient (Wildman–Crippen LogP) is 4.01. The summed E-state index contributed by atoms with van der Waals surface area (Å²) in [7, 11) is 0. The Morgan fingerprint density at radius 2 is 1.83 bits per heavy atom. The molecule has 0 bridgehead atoms. The van der Waals surface area contributed by atoms with Gasteiger partial charge in [0.05, 0.1) is 0 Å². The van der Waals surface area contributed by atoms with Crippen LogP contribution in [-0.4, -0.2) is 6.54 Å². The summed E-state index contributed by atoms with van der Waals surface area (Å²) >= 11 is 1.89. The molecule has 0 saturated heterocycles. The van der Waals surface area contributed by atoms with E-state index in [1.165, 1.54) is 26.4 Å². The van der Waals surface area contributed by atoms with Crippen LogP contribution in [0.5, 0.6) is 0 Å². The van der Waals surface area contributed by atoms with Crippen molar-refractivity contribution in [1.82, 2.24) is 5.32 Å². The minimum Gasteiger partial charge on any atom is -0.312 e. The summed E-state index contributed by atoms with van der Waals surface area (Å²) in [6.45, 7) is 8.59. The highest BCUT2D eigenvalue weighted by atomic mass is 32.1. The number of aryl methyl sites for hydroxylation is 3. The molecule has 0 atom stereocenters. The summed E-state index contributed by atoms with van der Waals surface area (Å²) in [5.74, 6) is 0. The first-order valence-corrected chi connectivity index (χ1v) is 7.29. The highest BCUT2D eigenvalue weighted by molar-refractivity contribution is 7.12. The third-order valence-corrected chi connectivity index (χ3v) is 4.30. The maximum absolute atomic E-state index is 3.54. The molecule has 1 aromatic heterocycles. The van der Waals surface area contributed by atoms with Gasteiger partial charge in [0.1, 0.15) is 0 Å². The molecule has 0 aliphatic heterocycles. The van der Waals surface area contributed by atoms with E-state index in [-0.39, 0.29) is 0 Å². The van der Waals surface area contributed by atoms with Crippen molar-refractivity contribution in [2.24, 2.45) is 0 Å². The zero-order valence-corrected chi connectivity index (χ0v) is 12.2. The van der Waals surface area contributed by atoms with Crippen LogP contribution in [0.2, 0.25) is 0 Å². The highest BCUT2D eigenvalue weighted by Crippen LogP contribution is 2.20. The van der Waals surface area contributed by atoms with E-state index in [9.17, 15) is 0 Å². The Bertz CT molecular complexity index is 514. The zero-order valence-electron chi connectivity index (χ0n) is 11.4. The Balaban J connectivity index is 1.80. The van der Waals surface area contributed by atoms with E-state index < -0.39 is 0 Å². The molecule has 1 heterocycles. The second-order valence-corrected chi connectivity index (χ2v) is 6.25. The van der Waals surface area contributed by atoms with E-state index in [1.54, 1.807) is 0 Å². The first-order chi connectivity index (χ1) is 8.66. The smallest absolute Gasteiger partial charge is 0.0216 e. The molecule has 0 radical (unpaired) electrons. The number of rotatable bonds is 5. The molecule has 0 saturated carbocycles. The number of thiophene rings is 1. The number of nitrogens with one attached hydrogen (secondary N) is 1. The molecule has 0 aliphatic rings. The molecule has 0 fully saturated rings. The van der Waals surface area contributed by atoms with Crippen molar-refractivity contribution in [2.75, 3.05) is 6.54 Å². The zero-order chi connectivity index (χ0) is 13.0. The Hall–Kier alpha value is -1.12. The van der Waals surface area contributed by atoms with Gasteiger partial charge in [0.2, 0.25) is 0 Å². The topological polar surface area (TPSA) is 12.0 Å². The molecule has 96 valence electrons. The number of hydrogen-bond donors (Lipinski definition) is 1. The van der Waals surface area contributed by atoms with Crippen LogP contribution in [0.15, 0.2) is 30.3 Å². The number of hydrogen-bond acceptors (Lipinski definition) is 2. The molecule has 2 aromatic rings. The fourth-order valence-corrected chi connectivity index (χ4v) is 3.14. The van der Waals surface area contributed by atoms with E-state index in [0.717, 1.165) is 19.5 Å². The van der Waals surface area contributed by atoms with Crippen LogP contribution in [0.1, 0.15) is 26.4 Å². The summed E-state index contributed by atoms with van der Waals surface area (Å²) < 4.78 is 0. The van der Waals surface area contributed by atoms with E-state index in [4.69, 9.17) is 0 Å². The maximum atomic E-state index is 3.54. The van der Waals surface area contributed by atoms with E-state index in [1.807, 2.05) is 11.3 Å². The molecule has 2 rings (SSSR count). The molecule has 0 amide bonds. The van der Waals surface area contributed by atoms with Crippen molar-refractivity contribution in [1.29, 1.82) is 0 Å². The minimum absolute atomic E-state index is 0.988. The Labute approximate surface area is 114 Å². The molecule has 0 unspecified atom stereocenters. The quantitative estimate of drug-likeness (QED) is 0.800. The Morgan fingerprint density at radius 1 is 1.06 bits per heavy atom. The molecule has 0 aliphatic carbocycles. The SMILES string of the molecule is Cc1cc(CNCCc2ccccc2C)c(C)s1. The van der Waals surface area contributed by atoms with E-state index in [0.29, 0.717) is 0 Å². The van der Waals surface area contributed by atoms with Crippen LogP contribution in [0.4, 0.5) is 0 Å². The lowest BCUT2D eigenvalue weighted by Gasteiger charge is -2.07. The summed E-state index contributed by atoms with van der Waals surface area (Å²) in [5, 5.41) is 3.54. The average molecular weight is 259 g/mol. The Morgan fingerprint density at radius 3 is 2.50 bits per heavy atom. The second kappa shape index (κ2) is 6.17. The third-order valence-electron chi connectivity index (χ3n) is 3.29. The predicted molar refractivity (Wildman–Crippen MR) is 80.4 cm³/mol. The van der Waals surface area contributed by atoms with Crippen LogP contribution >= 0.6 is 11.3 Å². The second-order valence-electron chi connectivity index (χ2n) is 4.79. The standard InChI is InChI=1S/C16H21NS/c1-12-6-4-5-7-15(12)8-9-17-11-16-10-13(2)18-14(16)3/h4-7,10,17H,8-9,11H2,1-3H3. The van der Waals surface area contributed by atoms with Crippen molar-refractivity contribution < 1.29 is 0 Å². The Kier molecular flexibility index (Phi) is 4.56. The molecular formula is C16H21NS. The molecular weight excluding hydrogens is 238 g/mol. The molecule has 0 spiro atoms. The molecule has 18 heavy (non-hydrogen) atoms. The van der Waals surface area contributed by atoms with Gasteiger partial charge in [-0.15, -0.1) is 11.3 Å². The van der Waals surface area contributed by atoms with Gasteiger partial charge in [-0.3, -0.25) is 0 Å². The van der Waals surface area contributed by atoms with Crippen molar-refractivity contribution in [3.63, 3.8) is 0 Å². The van der Waals surface area contributed by atoms with Gasteiger partial charge in [0.15, 0.2) is 0 Å². The van der Waals surface area contributed by atoms with E-state index >= 15 is 0 Å². The summed E-state index contributed by atoms with van der Waals surface area (Å²) in [5.41, 5.74) is 4.28. The van der Waals surface area contributed by atoms with Crippen LogP contribution in [0, 0.1) is 20.8 Å². The van der Waals surface area contributed by atoms with Crippen molar-refractivity contribution in [3.8, 4) is 0 Å². The van der Waals surface area contributed by atoms with Crippen LogP contribution in [0.3, 0.4) is 0 Å². The van der Waals surface area contributed by atoms with Gasteiger partial charge in [-0.2, -0.15) is 0 Å². The lowest BCUT2D eigenvalue weighted by molar-refractivity contribution is 0.685. The van der Waals surface area contributed by atoms with Crippen LogP contribution < -0.4 is 5.32 Å². The average Bonchev–Trinajstić information content (AvgIpc) is 2.65. The molecule has 2 heteroatoms. The maximum Gasteiger partial charge on any atom is 0.0216 e. The van der Waals surface area contributed by atoms with Crippen LogP contribution in [0.25, 0.3) is 0 Å². The first-order valence-electron chi connectivity index (χ1n) is 6.48. The van der Waals surface area contributed by atoms with Crippen molar-refractivity contribution in [3.05, 3.63) is 56.8 Å². The lowest BCUT2D eigenvalue weighted by Crippen LogP contribution is -2.17. The minimum atomic E-state index is 0.988. The van der Waals surface area contributed by atoms with Gasteiger partial charge in [-0.05, 0) is 56.5 Å². The lowest BCUT2D eigenvalue weighted by atomic mass is 10.1. The van der Waals surface area contributed by atoms with Gasteiger partial charge in [0, 0.05) is 16.3 Å². The third kappa shape index (κ3) is 3.44. The normalized spacial score (nSPS) is 10.8.